The van der Waals surface area contributed by atoms with E-state index in [1.54, 1.807) is 12.1 Å². The van der Waals surface area contributed by atoms with Crippen LogP contribution < -0.4 is 0 Å². The highest BCUT2D eigenvalue weighted by atomic mass is 35.5. The molecule has 0 aliphatic heterocycles. The number of H-pyrrole nitrogens is 1. The molecule has 3 aromatic rings. The first kappa shape index (κ1) is 13.5. The lowest BCUT2D eigenvalue weighted by Gasteiger charge is -2.28. The van der Waals surface area contributed by atoms with E-state index in [0.717, 1.165) is 16.6 Å². The monoisotopic (exact) mass is 327 g/mol. The van der Waals surface area contributed by atoms with Gasteiger partial charge in [0, 0.05) is 22.0 Å². The average Bonchev–Trinajstić information content (AvgIpc) is 3.06. The molecule has 22 heavy (non-hydrogen) atoms. The summed E-state index contributed by atoms with van der Waals surface area (Å²) in [7, 11) is 0. The van der Waals surface area contributed by atoms with Gasteiger partial charge in [0.05, 0.1) is 22.9 Å². The highest BCUT2D eigenvalue weighted by molar-refractivity contribution is 7.18. The van der Waals surface area contributed by atoms with Gasteiger partial charge in [-0.15, -0.1) is 0 Å². The van der Waals surface area contributed by atoms with E-state index in [1.807, 2.05) is 19.9 Å². The third-order valence-electron chi connectivity index (χ3n) is 4.18. The lowest BCUT2D eigenvalue weighted by Crippen LogP contribution is -2.29. The summed E-state index contributed by atoms with van der Waals surface area (Å²) in [6.07, 6.45) is 0. The van der Waals surface area contributed by atoms with E-state index in [0.29, 0.717) is 26.2 Å². The minimum Gasteiger partial charge on any atom is -0.357 e. The van der Waals surface area contributed by atoms with Crippen molar-refractivity contribution in [2.24, 2.45) is 0 Å². The van der Waals surface area contributed by atoms with Gasteiger partial charge in [-0.25, -0.2) is 4.98 Å². The van der Waals surface area contributed by atoms with Crippen LogP contribution in [0.2, 0.25) is 4.47 Å². The van der Waals surface area contributed by atoms with Crippen molar-refractivity contribution < 1.29 is 4.79 Å². The zero-order chi connectivity index (χ0) is 15.6. The fourth-order valence-electron chi connectivity index (χ4n) is 3.08. The first-order valence-electron chi connectivity index (χ1n) is 6.71. The van der Waals surface area contributed by atoms with Gasteiger partial charge in [0.25, 0.3) is 0 Å². The van der Waals surface area contributed by atoms with E-state index in [-0.39, 0.29) is 5.78 Å². The number of fused-ring (bicyclic) bond motifs is 4. The van der Waals surface area contributed by atoms with Crippen LogP contribution in [-0.4, -0.2) is 15.8 Å². The Morgan fingerprint density at radius 1 is 1.41 bits per heavy atom. The van der Waals surface area contributed by atoms with Gasteiger partial charge < -0.3 is 4.98 Å². The second-order valence-corrected chi connectivity index (χ2v) is 7.43. The number of halogens is 1. The zero-order valence-corrected chi connectivity index (χ0v) is 13.4. The molecule has 1 aromatic carbocycles. The first-order valence-corrected chi connectivity index (χ1v) is 7.90. The minimum atomic E-state index is -0.436. The lowest BCUT2D eigenvalue weighted by atomic mass is 9.77. The molecular formula is C16H10ClN3OS. The van der Waals surface area contributed by atoms with Crippen LogP contribution in [0.3, 0.4) is 0 Å². The SMILES string of the molecule is CC1(C)c2nc(Cl)sc2C(=O)c2c1[nH]c1cc(C#N)ccc21. The fourth-order valence-corrected chi connectivity index (χ4v) is 4.29. The highest BCUT2D eigenvalue weighted by Gasteiger charge is 2.42. The third kappa shape index (κ3) is 1.57. The Kier molecular flexibility index (Phi) is 2.57. The molecule has 0 bridgehead atoms. The van der Waals surface area contributed by atoms with Gasteiger partial charge >= 0.3 is 0 Å². The minimum absolute atomic E-state index is 0.0512. The van der Waals surface area contributed by atoms with E-state index < -0.39 is 5.41 Å². The maximum absolute atomic E-state index is 12.9. The Labute approximate surface area is 135 Å². The summed E-state index contributed by atoms with van der Waals surface area (Å²) in [5.41, 5.74) is 3.13. The second kappa shape index (κ2) is 4.19. The van der Waals surface area contributed by atoms with Crippen LogP contribution >= 0.6 is 22.9 Å². The number of nitriles is 1. The number of benzene rings is 1. The van der Waals surface area contributed by atoms with Gasteiger partial charge in [0.15, 0.2) is 4.47 Å². The van der Waals surface area contributed by atoms with Crippen LogP contribution in [-0.2, 0) is 5.41 Å². The van der Waals surface area contributed by atoms with Crippen LogP contribution in [0.1, 0.15) is 46.0 Å². The summed E-state index contributed by atoms with van der Waals surface area (Å²) >= 11 is 7.24. The van der Waals surface area contributed by atoms with Crippen LogP contribution in [0.4, 0.5) is 0 Å². The second-order valence-electron chi connectivity index (χ2n) is 5.85. The van der Waals surface area contributed by atoms with Crippen molar-refractivity contribution in [1.29, 1.82) is 5.26 Å². The van der Waals surface area contributed by atoms with E-state index in [1.165, 1.54) is 11.3 Å². The van der Waals surface area contributed by atoms with Crippen molar-refractivity contribution in [2.75, 3.05) is 0 Å². The van der Waals surface area contributed by atoms with Crippen LogP contribution in [0.5, 0.6) is 0 Å². The van der Waals surface area contributed by atoms with Gasteiger partial charge in [0.1, 0.15) is 4.88 Å². The normalized spacial score (nSPS) is 15.5. The Morgan fingerprint density at radius 3 is 2.91 bits per heavy atom. The van der Waals surface area contributed by atoms with Crippen molar-refractivity contribution in [1.82, 2.24) is 9.97 Å². The Morgan fingerprint density at radius 2 is 2.18 bits per heavy atom. The molecule has 1 N–H and O–H groups in total. The van der Waals surface area contributed by atoms with Gasteiger partial charge in [-0.2, -0.15) is 5.26 Å². The molecule has 0 saturated carbocycles. The topological polar surface area (TPSA) is 69.5 Å². The zero-order valence-electron chi connectivity index (χ0n) is 11.8. The molecule has 2 aromatic heterocycles. The molecule has 108 valence electrons. The number of aromatic nitrogens is 2. The lowest BCUT2D eigenvalue weighted by molar-refractivity contribution is 0.103. The smallest absolute Gasteiger partial charge is 0.207 e. The first-order chi connectivity index (χ1) is 10.4. The maximum Gasteiger partial charge on any atom is 0.207 e. The molecule has 1 aliphatic carbocycles. The number of nitrogens with zero attached hydrogens (tertiary/aromatic N) is 2. The van der Waals surface area contributed by atoms with Crippen molar-refractivity contribution in [3.05, 3.63) is 50.1 Å². The number of carbonyl (C=O) groups is 1. The number of nitrogens with one attached hydrogen (secondary N) is 1. The molecule has 2 heterocycles. The molecule has 0 saturated heterocycles. The summed E-state index contributed by atoms with van der Waals surface area (Å²) in [4.78, 5) is 21.1. The molecule has 0 atom stereocenters. The highest BCUT2D eigenvalue weighted by Crippen LogP contribution is 2.45. The van der Waals surface area contributed by atoms with Gasteiger partial charge in [-0.1, -0.05) is 29.0 Å². The van der Waals surface area contributed by atoms with E-state index in [9.17, 15) is 4.79 Å². The molecule has 1 aliphatic rings. The fraction of sp³-hybridized carbons (Fsp3) is 0.188. The van der Waals surface area contributed by atoms with Crippen molar-refractivity contribution in [3.8, 4) is 6.07 Å². The Bertz CT molecular complexity index is 1010. The predicted octanol–water partition coefficient (Wildman–Crippen LogP) is 4.02. The molecule has 0 amide bonds. The van der Waals surface area contributed by atoms with Gasteiger partial charge in [-0.3, -0.25) is 4.79 Å². The number of aromatic amines is 1. The standard InChI is InChI=1S/C16H10ClN3OS/c1-16(2)13-10(11(21)12-14(16)20-15(17)22-12)8-4-3-7(6-18)5-9(8)19-13/h3-5,19H,1-2H3. The largest absolute Gasteiger partial charge is 0.357 e. The Hall–Kier alpha value is -2.16. The molecule has 0 spiro atoms. The van der Waals surface area contributed by atoms with Gasteiger partial charge in [0.2, 0.25) is 5.78 Å². The third-order valence-corrected chi connectivity index (χ3v) is 5.34. The van der Waals surface area contributed by atoms with Crippen LogP contribution in [0.15, 0.2) is 18.2 Å². The number of ketones is 1. The summed E-state index contributed by atoms with van der Waals surface area (Å²) in [6, 6.07) is 7.44. The molecule has 6 heteroatoms. The summed E-state index contributed by atoms with van der Waals surface area (Å²) < 4.78 is 0.382. The number of hydrogen-bond acceptors (Lipinski definition) is 4. The molecule has 4 nitrogen and oxygen atoms in total. The molecular weight excluding hydrogens is 318 g/mol. The van der Waals surface area contributed by atoms with Crippen molar-refractivity contribution in [3.63, 3.8) is 0 Å². The molecule has 0 radical (unpaired) electrons. The summed E-state index contributed by atoms with van der Waals surface area (Å²) in [5, 5.41) is 9.88. The molecule has 0 unspecified atom stereocenters. The molecule has 4 rings (SSSR count). The van der Waals surface area contributed by atoms with Crippen LogP contribution in [0.25, 0.3) is 10.9 Å². The Balaban J connectivity index is 2.10. The number of hydrogen-bond donors (Lipinski definition) is 1. The van der Waals surface area contributed by atoms with E-state index in [2.05, 4.69) is 16.0 Å². The number of thiazole rings is 1. The average molecular weight is 328 g/mol. The number of rotatable bonds is 0. The number of carbonyl (C=O) groups excluding carboxylic acids is 1. The van der Waals surface area contributed by atoms with Crippen molar-refractivity contribution >= 4 is 39.6 Å². The van der Waals surface area contributed by atoms with Crippen molar-refractivity contribution in [2.45, 2.75) is 19.3 Å². The predicted molar refractivity (Wildman–Crippen MR) is 85.7 cm³/mol. The van der Waals surface area contributed by atoms with Crippen LogP contribution in [0, 0.1) is 11.3 Å². The molecule has 0 fully saturated rings. The summed E-state index contributed by atoms with van der Waals surface area (Å²) in [5.74, 6) is -0.0512. The summed E-state index contributed by atoms with van der Waals surface area (Å²) in [6.45, 7) is 4.04. The van der Waals surface area contributed by atoms with Gasteiger partial charge in [-0.05, 0) is 26.0 Å². The van der Waals surface area contributed by atoms with E-state index in [4.69, 9.17) is 16.9 Å². The maximum atomic E-state index is 12.9. The van der Waals surface area contributed by atoms with E-state index >= 15 is 0 Å². The quantitative estimate of drug-likeness (QED) is 0.678.